The van der Waals surface area contributed by atoms with Crippen molar-refractivity contribution in [2.24, 2.45) is 7.05 Å². The molecule has 0 bridgehead atoms. The van der Waals surface area contributed by atoms with Crippen LogP contribution in [0.2, 0.25) is 0 Å². The van der Waals surface area contributed by atoms with Gasteiger partial charge in [-0.25, -0.2) is 0 Å². The first-order chi connectivity index (χ1) is 9.61. The van der Waals surface area contributed by atoms with E-state index in [9.17, 15) is 0 Å². The number of aryl methyl sites for hydroxylation is 1. The minimum atomic E-state index is 0.674. The van der Waals surface area contributed by atoms with Gasteiger partial charge >= 0.3 is 0 Å². The van der Waals surface area contributed by atoms with Gasteiger partial charge in [-0.3, -0.25) is 4.98 Å². The van der Waals surface area contributed by atoms with Crippen molar-refractivity contribution < 1.29 is 4.74 Å². The third kappa shape index (κ3) is 1.81. The molecule has 4 nitrogen and oxygen atoms in total. The van der Waals surface area contributed by atoms with Crippen LogP contribution in [0.25, 0.3) is 22.2 Å². The fourth-order valence-electron chi connectivity index (χ4n) is 2.55. The SMILES string of the molecule is COc1ccc2c(-c3ccc(N)cn3)c(C)n(C)c2c1. The van der Waals surface area contributed by atoms with Gasteiger partial charge in [-0.1, -0.05) is 0 Å². The number of pyridine rings is 1. The Morgan fingerprint density at radius 1 is 1.20 bits per heavy atom. The van der Waals surface area contributed by atoms with Crippen LogP contribution < -0.4 is 10.5 Å². The highest BCUT2D eigenvalue weighted by molar-refractivity contribution is 5.97. The lowest BCUT2D eigenvalue weighted by Gasteiger charge is -2.02. The molecular weight excluding hydrogens is 250 g/mol. The van der Waals surface area contributed by atoms with E-state index >= 15 is 0 Å². The summed E-state index contributed by atoms with van der Waals surface area (Å²) in [7, 11) is 3.73. The average molecular weight is 267 g/mol. The molecule has 102 valence electrons. The van der Waals surface area contributed by atoms with Gasteiger partial charge < -0.3 is 15.0 Å². The number of benzene rings is 1. The summed E-state index contributed by atoms with van der Waals surface area (Å²) in [5.74, 6) is 0.856. The lowest BCUT2D eigenvalue weighted by Crippen LogP contribution is -1.92. The molecule has 0 amide bonds. The Morgan fingerprint density at radius 2 is 2.00 bits per heavy atom. The molecule has 4 heteroatoms. The molecule has 2 heterocycles. The molecule has 0 atom stereocenters. The second-order valence-corrected chi connectivity index (χ2v) is 4.88. The van der Waals surface area contributed by atoms with Gasteiger partial charge in [0.25, 0.3) is 0 Å². The van der Waals surface area contributed by atoms with Crippen molar-refractivity contribution in [3.8, 4) is 17.0 Å². The number of rotatable bonds is 2. The molecule has 0 spiro atoms. The van der Waals surface area contributed by atoms with E-state index in [1.165, 1.54) is 11.1 Å². The maximum atomic E-state index is 5.71. The van der Waals surface area contributed by atoms with Gasteiger partial charge in [-0.15, -0.1) is 0 Å². The molecule has 1 aromatic carbocycles. The van der Waals surface area contributed by atoms with E-state index in [1.54, 1.807) is 13.3 Å². The number of aromatic nitrogens is 2. The van der Waals surface area contributed by atoms with Crippen molar-refractivity contribution in [3.05, 3.63) is 42.2 Å². The zero-order valence-corrected chi connectivity index (χ0v) is 11.8. The van der Waals surface area contributed by atoms with Crippen LogP contribution in [0.4, 0.5) is 5.69 Å². The lowest BCUT2D eigenvalue weighted by atomic mass is 10.1. The maximum absolute atomic E-state index is 5.71. The summed E-state index contributed by atoms with van der Waals surface area (Å²) in [6, 6.07) is 9.94. The van der Waals surface area contributed by atoms with Crippen LogP contribution in [-0.4, -0.2) is 16.7 Å². The van der Waals surface area contributed by atoms with E-state index in [0.717, 1.165) is 22.5 Å². The zero-order valence-electron chi connectivity index (χ0n) is 11.8. The number of nitrogen functional groups attached to an aromatic ring is 1. The van der Waals surface area contributed by atoms with Crippen LogP contribution in [0.3, 0.4) is 0 Å². The molecular formula is C16H17N3O. The van der Waals surface area contributed by atoms with Crippen molar-refractivity contribution in [2.75, 3.05) is 12.8 Å². The highest BCUT2D eigenvalue weighted by Gasteiger charge is 2.15. The number of nitrogens with zero attached hydrogens (tertiary/aromatic N) is 2. The third-order valence-corrected chi connectivity index (χ3v) is 3.74. The van der Waals surface area contributed by atoms with Gasteiger partial charge in [0, 0.05) is 29.8 Å². The number of nitrogens with two attached hydrogens (primary N) is 1. The number of methoxy groups -OCH3 is 1. The summed E-state index contributed by atoms with van der Waals surface area (Å²) in [6.07, 6.45) is 1.69. The Kier molecular flexibility index (Phi) is 2.86. The van der Waals surface area contributed by atoms with Crippen LogP contribution in [0.1, 0.15) is 5.69 Å². The smallest absolute Gasteiger partial charge is 0.120 e. The van der Waals surface area contributed by atoms with E-state index in [1.807, 2.05) is 24.3 Å². The number of fused-ring (bicyclic) bond motifs is 1. The van der Waals surface area contributed by atoms with Crippen molar-refractivity contribution in [1.29, 1.82) is 0 Å². The summed E-state index contributed by atoms with van der Waals surface area (Å²) in [5, 5.41) is 1.17. The van der Waals surface area contributed by atoms with Crippen molar-refractivity contribution in [2.45, 2.75) is 6.92 Å². The normalized spacial score (nSPS) is 10.9. The highest BCUT2D eigenvalue weighted by Crippen LogP contribution is 2.34. The standard InChI is InChI=1S/C16H17N3O/c1-10-16(14-7-4-11(17)9-18-14)13-6-5-12(20-3)8-15(13)19(10)2/h4-9H,17H2,1-3H3. The first-order valence-electron chi connectivity index (χ1n) is 6.46. The molecule has 0 unspecified atom stereocenters. The molecule has 0 saturated carbocycles. The van der Waals surface area contributed by atoms with Gasteiger partial charge in [0.05, 0.1) is 30.2 Å². The molecule has 0 fully saturated rings. The Bertz CT molecular complexity index is 773. The van der Waals surface area contributed by atoms with Crippen LogP contribution in [0.15, 0.2) is 36.5 Å². The van der Waals surface area contributed by atoms with Crippen molar-refractivity contribution in [1.82, 2.24) is 9.55 Å². The molecule has 0 saturated heterocycles. The second kappa shape index (κ2) is 4.56. The Morgan fingerprint density at radius 3 is 2.65 bits per heavy atom. The van der Waals surface area contributed by atoms with Crippen molar-refractivity contribution in [3.63, 3.8) is 0 Å². The van der Waals surface area contributed by atoms with E-state index in [2.05, 4.69) is 29.6 Å². The molecule has 20 heavy (non-hydrogen) atoms. The fourth-order valence-corrected chi connectivity index (χ4v) is 2.55. The Labute approximate surface area is 117 Å². The second-order valence-electron chi connectivity index (χ2n) is 4.88. The predicted octanol–water partition coefficient (Wildman–Crippen LogP) is 3.14. The van der Waals surface area contributed by atoms with Crippen LogP contribution in [0, 0.1) is 6.92 Å². The van der Waals surface area contributed by atoms with Crippen LogP contribution >= 0.6 is 0 Å². The quantitative estimate of drug-likeness (QED) is 0.776. The largest absolute Gasteiger partial charge is 0.497 e. The Hall–Kier alpha value is -2.49. The number of ether oxygens (including phenoxy) is 1. The molecule has 3 rings (SSSR count). The molecule has 0 aliphatic rings. The number of hydrogen-bond donors (Lipinski definition) is 1. The van der Waals surface area contributed by atoms with Crippen LogP contribution in [-0.2, 0) is 7.05 Å². The first-order valence-corrected chi connectivity index (χ1v) is 6.46. The number of anilines is 1. The molecule has 2 aromatic heterocycles. The van der Waals surface area contributed by atoms with Crippen LogP contribution in [0.5, 0.6) is 5.75 Å². The minimum Gasteiger partial charge on any atom is -0.497 e. The highest BCUT2D eigenvalue weighted by atomic mass is 16.5. The molecule has 0 aliphatic heterocycles. The van der Waals surface area contributed by atoms with Gasteiger partial charge in [0.2, 0.25) is 0 Å². The average Bonchev–Trinajstić information content (AvgIpc) is 2.72. The summed E-state index contributed by atoms with van der Waals surface area (Å²) in [5.41, 5.74) is 10.8. The minimum absolute atomic E-state index is 0.674. The molecule has 2 N–H and O–H groups in total. The van der Waals surface area contributed by atoms with E-state index < -0.39 is 0 Å². The molecule has 3 aromatic rings. The van der Waals surface area contributed by atoms with Gasteiger partial charge in [0.15, 0.2) is 0 Å². The van der Waals surface area contributed by atoms with Crippen molar-refractivity contribution >= 4 is 16.6 Å². The monoisotopic (exact) mass is 267 g/mol. The lowest BCUT2D eigenvalue weighted by molar-refractivity contribution is 0.415. The maximum Gasteiger partial charge on any atom is 0.120 e. The zero-order chi connectivity index (χ0) is 14.3. The predicted molar refractivity (Wildman–Crippen MR) is 81.9 cm³/mol. The Balaban J connectivity index is 2.30. The molecule has 0 radical (unpaired) electrons. The first kappa shape index (κ1) is 12.5. The van der Waals surface area contributed by atoms with Gasteiger partial charge in [-0.05, 0) is 31.2 Å². The topological polar surface area (TPSA) is 53.1 Å². The third-order valence-electron chi connectivity index (χ3n) is 3.74. The summed E-state index contributed by atoms with van der Waals surface area (Å²) >= 11 is 0. The van der Waals surface area contributed by atoms with E-state index in [-0.39, 0.29) is 0 Å². The van der Waals surface area contributed by atoms with E-state index in [4.69, 9.17) is 10.5 Å². The summed E-state index contributed by atoms with van der Waals surface area (Å²) < 4.78 is 7.46. The number of hydrogen-bond acceptors (Lipinski definition) is 3. The summed E-state index contributed by atoms with van der Waals surface area (Å²) in [4.78, 5) is 4.45. The molecule has 0 aliphatic carbocycles. The fraction of sp³-hybridized carbons (Fsp3) is 0.188. The van der Waals surface area contributed by atoms with Gasteiger partial charge in [0.1, 0.15) is 5.75 Å². The van der Waals surface area contributed by atoms with E-state index in [0.29, 0.717) is 5.69 Å². The van der Waals surface area contributed by atoms with Gasteiger partial charge in [-0.2, -0.15) is 0 Å². The summed E-state index contributed by atoms with van der Waals surface area (Å²) in [6.45, 7) is 2.10.